The molecule has 0 aromatic carbocycles. The standard InChI is InChI=1S/C23H26N6O2S2/c1-4-16(3)29-22(31)18(33-23(29)32)13-17-19(25-8-6-10-27-12-9-24-14-27)26-20-15(2)7-5-11-28(20)21(17)30/h5,7,9,11-14,16,25H,4,6,8,10H2,1-3H3/b18-13-/t16-/m1/s1. The topological polar surface area (TPSA) is 84.5 Å². The fourth-order valence-corrected chi connectivity index (χ4v) is 5.08. The van der Waals surface area contributed by atoms with Crippen molar-refractivity contribution in [1.82, 2.24) is 23.8 Å². The number of carbonyl (C=O) groups excluding carboxylic acids is 1. The van der Waals surface area contributed by atoms with Crippen LogP contribution in [0, 0.1) is 6.92 Å². The van der Waals surface area contributed by atoms with Crippen molar-refractivity contribution in [2.75, 3.05) is 11.9 Å². The number of fused-ring (bicyclic) bond motifs is 1. The first-order valence-corrected chi connectivity index (χ1v) is 12.1. The molecular weight excluding hydrogens is 456 g/mol. The minimum atomic E-state index is -0.227. The van der Waals surface area contributed by atoms with E-state index in [0.29, 0.717) is 32.8 Å². The number of carbonyl (C=O) groups is 1. The summed E-state index contributed by atoms with van der Waals surface area (Å²) in [4.78, 5) is 37.3. The number of hydrogen-bond acceptors (Lipinski definition) is 7. The van der Waals surface area contributed by atoms with Gasteiger partial charge in [-0.2, -0.15) is 0 Å². The third kappa shape index (κ3) is 4.72. The van der Waals surface area contributed by atoms with Crippen LogP contribution in [0.15, 0.2) is 46.8 Å². The molecule has 0 bridgehead atoms. The highest BCUT2D eigenvalue weighted by molar-refractivity contribution is 8.26. The number of thiocarbonyl (C=S) groups is 1. The highest BCUT2D eigenvalue weighted by Gasteiger charge is 2.35. The van der Waals surface area contributed by atoms with Gasteiger partial charge in [-0.15, -0.1) is 0 Å². The van der Waals surface area contributed by atoms with E-state index in [4.69, 9.17) is 17.2 Å². The van der Waals surface area contributed by atoms with Crippen LogP contribution in [0.2, 0.25) is 0 Å². The van der Waals surface area contributed by atoms with Crippen molar-refractivity contribution in [3.05, 3.63) is 63.4 Å². The molecule has 1 atom stereocenters. The number of anilines is 1. The maximum absolute atomic E-state index is 13.4. The molecular formula is C23H26N6O2S2. The molecule has 1 N–H and O–H groups in total. The lowest BCUT2D eigenvalue weighted by Gasteiger charge is -2.21. The lowest BCUT2D eigenvalue weighted by atomic mass is 10.2. The molecule has 4 rings (SSSR count). The molecule has 0 radical (unpaired) electrons. The number of pyridine rings is 1. The van der Waals surface area contributed by atoms with Crippen LogP contribution in [0.25, 0.3) is 11.7 Å². The Morgan fingerprint density at radius 2 is 2.12 bits per heavy atom. The van der Waals surface area contributed by atoms with E-state index in [1.165, 1.54) is 16.2 Å². The Bertz CT molecular complexity index is 1280. The number of aryl methyl sites for hydroxylation is 2. The van der Waals surface area contributed by atoms with Gasteiger partial charge in [0.1, 0.15) is 15.8 Å². The van der Waals surface area contributed by atoms with Gasteiger partial charge in [0, 0.05) is 37.7 Å². The summed E-state index contributed by atoms with van der Waals surface area (Å²) >= 11 is 6.67. The van der Waals surface area contributed by atoms with Crippen molar-refractivity contribution >= 4 is 51.7 Å². The molecule has 0 aliphatic carbocycles. The second-order valence-electron chi connectivity index (χ2n) is 7.95. The van der Waals surface area contributed by atoms with Crippen molar-refractivity contribution in [3.63, 3.8) is 0 Å². The molecule has 1 aliphatic rings. The Morgan fingerprint density at radius 1 is 1.30 bits per heavy atom. The largest absolute Gasteiger partial charge is 0.369 e. The summed E-state index contributed by atoms with van der Waals surface area (Å²) < 4.78 is 4.03. The zero-order chi connectivity index (χ0) is 23.5. The van der Waals surface area contributed by atoms with Gasteiger partial charge in [0.25, 0.3) is 11.5 Å². The van der Waals surface area contributed by atoms with E-state index in [1.807, 2.05) is 43.7 Å². The van der Waals surface area contributed by atoms with Crippen molar-refractivity contribution in [2.24, 2.45) is 0 Å². The normalized spacial score (nSPS) is 16.2. The average Bonchev–Trinajstić information content (AvgIpc) is 3.41. The van der Waals surface area contributed by atoms with Gasteiger partial charge >= 0.3 is 0 Å². The molecule has 3 aromatic rings. The fraction of sp³-hybridized carbons (Fsp3) is 0.348. The first kappa shape index (κ1) is 23.2. The summed E-state index contributed by atoms with van der Waals surface area (Å²) in [6, 6.07) is 3.74. The number of nitrogens with one attached hydrogen (secondary N) is 1. The monoisotopic (exact) mass is 482 g/mol. The van der Waals surface area contributed by atoms with Crippen molar-refractivity contribution in [2.45, 2.75) is 46.2 Å². The molecule has 4 heterocycles. The highest BCUT2D eigenvalue weighted by Crippen LogP contribution is 2.34. The Balaban J connectivity index is 1.69. The summed E-state index contributed by atoms with van der Waals surface area (Å²) in [6.45, 7) is 7.31. The van der Waals surface area contributed by atoms with Gasteiger partial charge in [-0.25, -0.2) is 9.97 Å². The van der Waals surface area contributed by atoms with E-state index in [2.05, 4.69) is 10.3 Å². The van der Waals surface area contributed by atoms with Crippen LogP contribution in [0.4, 0.5) is 5.82 Å². The van der Waals surface area contributed by atoms with Crippen molar-refractivity contribution in [1.29, 1.82) is 0 Å². The van der Waals surface area contributed by atoms with Gasteiger partial charge in [0.2, 0.25) is 0 Å². The Hall–Kier alpha value is -2.98. The predicted molar refractivity (Wildman–Crippen MR) is 136 cm³/mol. The first-order valence-electron chi connectivity index (χ1n) is 10.9. The highest BCUT2D eigenvalue weighted by atomic mass is 32.2. The second-order valence-corrected chi connectivity index (χ2v) is 9.63. The number of rotatable bonds is 8. The maximum Gasteiger partial charge on any atom is 0.267 e. The van der Waals surface area contributed by atoms with Gasteiger partial charge < -0.3 is 9.88 Å². The lowest BCUT2D eigenvalue weighted by Crippen LogP contribution is -2.36. The summed E-state index contributed by atoms with van der Waals surface area (Å²) in [5, 5.41) is 3.31. The minimum absolute atomic E-state index is 0.00245. The number of imidazole rings is 1. The van der Waals surface area contributed by atoms with E-state index in [1.54, 1.807) is 29.7 Å². The third-order valence-electron chi connectivity index (χ3n) is 5.66. The lowest BCUT2D eigenvalue weighted by molar-refractivity contribution is -0.123. The first-order chi connectivity index (χ1) is 15.9. The fourth-order valence-electron chi connectivity index (χ4n) is 3.64. The molecule has 1 saturated heterocycles. The van der Waals surface area contributed by atoms with E-state index in [-0.39, 0.29) is 17.5 Å². The Kier molecular flexibility index (Phi) is 6.94. The molecule has 1 amide bonds. The van der Waals surface area contributed by atoms with Crippen LogP contribution in [-0.2, 0) is 11.3 Å². The minimum Gasteiger partial charge on any atom is -0.369 e. The van der Waals surface area contributed by atoms with Gasteiger partial charge in [0.15, 0.2) is 0 Å². The van der Waals surface area contributed by atoms with Crippen LogP contribution >= 0.6 is 24.0 Å². The molecule has 1 fully saturated rings. The SMILES string of the molecule is CC[C@@H](C)N1C(=O)/C(=C/c2c(NCCCn3ccnc3)nc3c(C)cccn3c2=O)SC1=S. The summed E-state index contributed by atoms with van der Waals surface area (Å²) in [6.07, 6.45) is 10.4. The summed E-state index contributed by atoms with van der Waals surface area (Å²) in [7, 11) is 0. The number of aromatic nitrogens is 4. The van der Waals surface area contributed by atoms with Gasteiger partial charge in [-0.05, 0) is 44.4 Å². The Labute approximate surface area is 201 Å². The van der Waals surface area contributed by atoms with E-state index in [9.17, 15) is 9.59 Å². The average molecular weight is 483 g/mol. The number of amides is 1. The smallest absolute Gasteiger partial charge is 0.267 e. The van der Waals surface area contributed by atoms with Gasteiger partial charge in [0.05, 0.1) is 16.8 Å². The zero-order valence-corrected chi connectivity index (χ0v) is 20.4. The number of thioether (sulfide) groups is 1. The summed E-state index contributed by atoms with van der Waals surface area (Å²) in [5.41, 5.74) is 1.61. The van der Waals surface area contributed by atoms with Crippen LogP contribution in [0.5, 0.6) is 0 Å². The molecule has 0 saturated carbocycles. The number of hydrogen-bond donors (Lipinski definition) is 1. The van der Waals surface area contributed by atoms with Crippen LogP contribution in [-0.4, -0.2) is 46.6 Å². The predicted octanol–water partition coefficient (Wildman–Crippen LogP) is 3.70. The maximum atomic E-state index is 13.4. The molecule has 0 unspecified atom stereocenters. The molecule has 8 nitrogen and oxygen atoms in total. The van der Waals surface area contributed by atoms with Crippen LogP contribution < -0.4 is 10.9 Å². The van der Waals surface area contributed by atoms with Crippen molar-refractivity contribution in [3.8, 4) is 0 Å². The van der Waals surface area contributed by atoms with Crippen LogP contribution in [0.1, 0.15) is 37.8 Å². The quantitative estimate of drug-likeness (QED) is 0.298. The molecule has 0 spiro atoms. The van der Waals surface area contributed by atoms with Crippen molar-refractivity contribution < 1.29 is 4.79 Å². The van der Waals surface area contributed by atoms with E-state index >= 15 is 0 Å². The molecule has 1 aliphatic heterocycles. The van der Waals surface area contributed by atoms with E-state index in [0.717, 1.165) is 24.9 Å². The molecule has 33 heavy (non-hydrogen) atoms. The third-order valence-corrected chi connectivity index (χ3v) is 6.99. The molecule has 3 aromatic heterocycles. The zero-order valence-electron chi connectivity index (χ0n) is 18.8. The van der Waals surface area contributed by atoms with Gasteiger partial charge in [-0.3, -0.25) is 18.9 Å². The summed E-state index contributed by atoms with van der Waals surface area (Å²) in [5.74, 6) is 0.299. The van der Waals surface area contributed by atoms with Crippen LogP contribution in [0.3, 0.4) is 0 Å². The molecule has 172 valence electrons. The van der Waals surface area contributed by atoms with E-state index < -0.39 is 0 Å². The van der Waals surface area contributed by atoms with Gasteiger partial charge in [-0.1, -0.05) is 37.0 Å². The number of nitrogens with zero attached hydrogens (tertiary/aromatic N) is 5. The Morgan fingerprint density at radius 3 is 2.85 bits per heavy atom. The molecule has 10 heteroatoms. The second kappa shape index (κ2) is 9.88.